The van der Waals surface area contributed by atoms with Crippen molar-refractivity contribution in [2.75, 3.05) is 33.2 Å². The van der Waals surface area contributed by atoms with Gasteiger partial charge >= 0.3 is 0 Å². The minimum absolute atomic E-state index is 0.153. The zero-order valence-electron chi connectivity index (χ0n) is 11.8. The Balaban J connectivity index is 1.90. The molecule has 1 aliphatic heterocycles. The largest absolute Gasteiger partial charge is 0.488 e. The van der Waals surface area contributed by atoms with Gasteiger partial charge < -0.3 is 10.1 Å². The summed E-state index contributed by atoms with van der Waals surface area (Å²) in [6.45, 7) is 6.17. The number of ether oxygens (including phenoxy) is 1. The molecule has 3 nitrogen and oxygen atoms in total. The molecule has 106 valence electrons. The summed E-state index contributed by atoms with van der Waals surface area (Å²) in [5, 5.41) is 3.17. The fourth-order valence-electron chi connectivity index (χ4n) is 2.56. The van der Waals surface area contributed by atoms with Crippen molar-refractivity contribution < 1.29 is 9.13 Å². The van der Waals surface area contributed by atoms with E-state index in [0.717, 1.165) is 50.3 Å². The second-order valence-corrected chi connectivity index (χ2v) is 5.10. The summed E-state index contributed by atoms with van der Waals surface area (Å²) in [5.41, 5.74) is 0.995. The van der Waals surface area contributed by atoms with Crippen LogP contribution in [-0.2, 0) is 6.42 Å². The Morgan fingerprint density at radius 1 is 1.42 bits per heavy atom. The molecule has 0 fully saturated rings. The number of rotatable bonds is 7. The van der Waals surface area contributed by atoms with Crippen LogP contribution in [0.5, 0.6) is 5.75 Å². The van der Waals surface area contributed by atoms with Gasteiger partial charge in [-0.25, -0.2) is 4.39 Å². The number of nitrogens with zero attached hydrogens (tertiary/aromatic N) is 1. The second kappa shape index (κ2) is 6.87. The van der Waals surface area contributed by atoms with Gasteiger partial charge in [0.25, 0.3) is 0 Å². The van der Waals surface area contributed by atoms with Crippen molar-refractivity contribution in [3.63, 3.8) is 0 Å². The van der Waals surface area contributed by atoms with Crippen molar-refractivity contribution in [1.82, 2.24) is 10.2 Å². The third-order valence-electron chi connectivity index (χ3n) is 3.44. The van der Waals surface area contributed by atoms with E-state index in [1.807, 2.05) is 7.05 Å². The van der Waals surface area contributed by atoms with Crippen molar-refractivity contribution in [2.45, 2.75) is 25.9 Å². The SMILES string of the molecule is CCCN(CCNC)CC1Cc2cc(F)ccc2O1. The molecule has 1 heterocycles. The van der Waals surface area contributed by atoms with E-state index in [4.69, 9.17) is 4.74 Å². The van der Waals surface area contributed by atoms with E-state index in [-0.39, 0.29) is 11.9 Å². The maximum Gasteiger partial charge on any atom is 0.123 e. The van der Waals surface area contributed by atoms with Gasteiger partial charge in [0.15, 0.2) is 0 Å². The summed E-state index contributed by atoms with van der Waals surface area (Å²) in [4.78, 5) is 2.41. The number of nitrogens with one attached hydrogen (secondary N) is 1. The Kier molecular flexibility index (Phi) is 5.16. The third-order valence-corrected chi connectivity index (χ3v) is 3.44. The van der Waals surface area contributed by atoms with Crippen LogP contribution in [0, 0.1) is 5.82 Å². The first kappa shape index (κ1) is 14.3. The van der Waals surface area contributed by atoms with Gasteiger partial charge in [-0.15, -0.1) is 0 Å². The Bertz CT molecular complexity index is 411. The predicted octanol–water partition coefficient (Wildman–Crippen LogP) is 2.06. The van der Waals surface area contributed by atoms with Crippen LogP contribution in [-0.4, -0.2) is 44.2 Å². The summed E-state index contributed by atoms with van der Waals surface area (Å²) in [7, 11) is 1.97. The number of hydrogen-bond acceptors (Lipinski definition) is 3. The lowest BCUT2D eigenvalue weighted by molar-refractivity contribution is 0.151. The monoisotopic (exact) mass is 266 g/mol. The second-order valence-electron chi connectivity index (χ2n) is 5.10. The molecule has 0 saturated carbocycles. The molecule has 0 spiro atoms. The topological polar surface area (TPSA) is 24.5 Å². The molecule has 4 heteroatoms. The molecule has 1 unspecified atom stereocenters. The fraction of sp³-hybridized carbons (Fsp3) is 0.600. The molecule has 2 rings (SSSR count). The average molecular weight is 266 g/mol. The summed E-state index contributed by atoms with van der Waals surface area (Å²) in [5.74, 6) is 0.667. The summed E-state index contributed by atoms with van der Waals surface area (Å²) < 4.78 is 19.1. The lowest BCUT2D eigenvalue weighted by atomic mass is 10.1. The van der Waals surface area contributed by atoms with Crippen LogP contribution in [0.15, 0.2) is 18.2 Å². The molecule has 1 aliphatic rings. The lowest BCUT2D eigenvalue weighted by Crippen LogP contribution is -2.38. The maximum absolute atomic E-state index is 13.2. The van der Waals surface area contributed by atoms with E-state index in [0.29, 0.717) is 0 Å². The minimum Gasteiger partial charge on any atom is -0.488 e. The molecule has 1 aromatic rings. The van der Waals surface area contributed by atoms with E-state index in [1.54, 1.807) is 12.1 Å². The van der Waals surface area contributed by atoms with Gasteiger partial charge in [0.05, 0.1) is 0 Å². The van der Waals surface area contributed by atoms with Gasteiger partial charge in [0, 0.05) is 31.6 Å². The fourth-order valence-corrected chi connectivity index (χ4v) is 2.56. The zero-order valence-corrected chi connectivity index (χ0v) is 11.8. The highest BCUT2D eigenvalue weighted by molar-refractivity contribution is 5.37. The van der Waals surface area contributed by atoms with Crippen LogP contribution in [0.3, 0.4) is 0 Å². The molecule has 1 aromatic carbocycles. The van der Waals surface area contributed by atoms with Crippen LogP contribution in [0.4, 0.5) is 4.39 Å². The number of hydrogen-bond donors (Lipinski definition) is 1. The van der Waals surface area contributed by atoms with E-state index in [9.17, 15) is 4.39 Å². The molecule has 1 atom stereocenters. The molecule has 1 N–H and O–H groups in total. The van der Waals surface area contributed by atoms with Crippen molar-refractivity contribution in [2.24, 2.45) is 0 Å². The summed E-state index contributed by atoms with van der Waals surface area (Å²) >= 11 is 0. The van der Waals surface area contributed by atoms with Crippen molar-refractivity contribution >= 4 is 0 Å². The van der Waals surface area contributed by atoms with E-state index in [1.165, 1.54) is 6.07 Å². The van der Waals surface area contributed by atoms with E-state index >= 15 is 0 Å². The molecule has 0 aromatic heterocycles. The van der Waals surface area contributed by atoms with Gasteiger partial charge in [0.1, 0.15) is 17.7 Å². The Morgan fingerprint density at radius 2 is 2.26 bits per heavy atom. The first-order chi connectivity index (χ1) is 9.22. The maximum atomic E-state index is 13.2. The number of halogens is 1. The molecule has 0 amide bonds. The molecular weight excluding hydrogens is 243 g/mol. The van der Waals surface area contributed by atoms with Crippen molar-refractivity contribution in [3.05, 3.63) is 29.6 Å². The van der Waals surface area contributed by atoms with Crippen LogP contribution >= 0.6 is 0 Å². The zero-order chi connectivity index (χ0) is 13.7. The molecule has 0 radical (unpaired) electrons. The van der Waals surface area contributed by atoms with Gasteiger partial charge in [-0.2, -0.15) is 0 Å². The molecular formula is C15H23FN2O. The van der Waals surface area contributed by atoms with Crippen LogP contribution in [0.2, 0.25) is 0 Å². The molecule has 19 heavy (non-hydrogen) atoms. The quantitative estimate of drug-likeness (QED) is 0.817. The Labute approximate surface area is 114 Å². The highest BCUT2D eigenvalue weighted by atomic mass is 19.1. The van der Waals surface area contributed by atoms with Gasteiger partial charge in [-0.05, 0) is 38.2 Å². The first-order valence-corrected chi connectivity index (χ1v) is 7.05. The lowest BCUT2D eigenvalue weighted by Gasteiger charge is -2.24. The Morgan fingerprint density at radius 3 is 3.00 bits per heavy atom. The van der Waals surface area contributed by atoms with Crippen LogP contribution in [0.1, 0.15) is 18.9 Å². The first-order valence-electron chi connectivity index (χ1n) is 7.05. The summed E-state index contributed by atoms with van der Waals surface area (Å²) in [6, 6.07) is 4.79. The normalized spacial score (nSPS) is 17.6. The van der Waals surface area contributed by atoms with Gasteiger partial charge in [0.2, 0.25) is 0 Å². The van der Waals surface area contributed by atoms with E-state index < -0.39 is 0 Å². The average Bonchev–Trinajstić information content (AvgIpc) is 2.77. The summed E-state index contributed by atoms with van der Waals surface area (Å²) in [6.07, 6.45) is 2.10. The number of fused-ring (bicyclic) bond motifs is 1. The van der Waals surface area contributed by atoms with Crippen molar-refractivity contribution in [1.29, 1.82) is 0 Å². The number of benzene rings is 1. The third kappa shape index (κ3) is 3.91. The highest BCUT2D eigenvalue weighted by Crippen LogP contribution is 2.29. The van der Waals surface area contributed by atoms with Crippen molar-refractivity contribution in [3.8, 4) is 5.75 Å². The Hall–Kier alpha value is -1.13. The van der Waals surface area contributed by atoms with E-state index in [2.05, 4.69) is 17.1 Å². The highest BCUT2D eigenvalue weighted by Gasteiger charge is 2.24. The van der Waals surface area contributed by atoms with Gasteiger partial charge in [-0.1, -0.05) is 6.92 Å². The van der Waals surface area contributed by atoms with Gasteiger partial charge in [-0.3, -0.25) is 4.90 Å². The smallest absolute Gasteiger partial charge is 0.123 e. The molecule has 0 aliphatic carbocycles. The van der Waals surface area contributed by atoms with Crippen LogP contribution in [0.25, 0.3) is 0 Å². The number of likely N-dealkylation sites (N-methyl/N-ethyl adjacent to an activating group) is 1. The van der Waals surface area contributed by atoms with Crippen LogP contribution < -0.4 is 10.1 Å². The molecule has 0 saturated heterocycles. The predicted molar refractivity (Wildman–Crippen MR) is 75.2 cm³/mol. The minimum atomic E-state index is -0.177. The molecule has 0 bridgehead atoms. The standard InChI is InChI=1S/C15H23FN2O/c1-3-7-18(8-6-17-2)11-14-10-12-9-13(16)4-5-15(12)19-14/h4-5,9,14,17H,3,6-8,10-11H2,1-2H3.